The highest BCUT2D eigenvalue weighted by atomic mass is 16.5. The fourth-order valence-electron chi connectivity index (χ4n) is 5.24. The first-order chi connectivity index (χ1) is 12.2. The molecule has 0 aromatic heterocycles. The quantitative estimate of drug-likeness (QED) is 0.696. The summed E-state index contributed by atoms with van der Waals surface area (Å²) in [5, 5.41) is 0. The predicted molar refractivity (Wildman–Crippen MR) is 91.8 cm³/mol. The molecule has 2 bridgehead atoms. The van der Waals surface area contributed by atoms with Crippen LogP contribution in [0.5, 0.6) is 0 Å². The Bertz CT molecular complexity index is 611. The number of rotatable bonds is 4. The van der Waals surface area contributed by atoms with E-state index in [0.29, 0.717) is 6.54 Å². The van der Waals surface area contributed by atoms with Crippen LogP contribution < -0.4 is 0 Å². The molecular formula is C19H27N3O3. The van der Waals surface area contributed by atoms with Crippen LogP contribution in [0.4, 0.5) is 0 Å². The SMILES string of the molecule is O=C([C@H]1[C@@H]2C=C[C@@]3(CN(CCN4CCCCC4)C(=O)[C@@H]13)O2)N1CCC1. The van der Waals surface area contributed by atoms with Crippen molar-refractivity contribution in [3.05, 3.63) is 12.2 Å². The summed E-state index contributed by atoms with van der Waals surface area (Å²) >= 11 is 0. The Hall–Kier alpha value is -1.40. The number of likely N-dealkylation sites (tertiary alicyclic amines) is 3. The molecule has 25 heavy (non-hydrogen) atoms. The maximum atomic E-state index is 13.1. The average molecular weight is 345 g/mol. The van der Waals surface area contributed by atoms with Gasteiger partial charge in [0.1, 0.15) is 5.60 Å². The van der Waals surface area contributed by atoms with Gasteiger partial charge in [-0.15, -0.1) is 0 Å². The number of fused-ring (bicyclic) bond motifs is 1. The van der Waals surface area contributed by atoms with Gasteiger partial charge in [0.2, 0.25) is 11.8 Å². The largest absolute Gasteiger partial charge is 0.360 e. The van der Waals surface area contributed by atoms with Crippen LogP contribution in [0.15, 0.2) is 12.2 Å². The van der Waals surface area contributed by atoms with Crippen LogP contribution in [0.25, 0.3) is 0 Å². The molecule has 1 spiro atoms. The second kappa shape index (κ2) is 5.81. The van der Waals surface area contributed by atoms with Crippen molar-refractivity contribution < 1.29 is 14.3 Å². The molecule has 5 heterocycles. The zero-order valence-corrected chi connectivity index (χ0v) is 14.7. The van der Waals surface area contributed by atoms with E-state index in [9.17, 15) is 9.59 Å². The van der Waals surface area contributed by atoms with Crippen molar-refractivity contribution in [3.8, 4) is 0 Å². The van der Waals surface area contributed by atoms with Crippen LogP contribution in [0, 0.1) is 11.8 Å². The molecular weight excluding hydrogens is 318 g/mol. The number of ether oxygens (including phenoxy) is 1. The van der Waals surface area contributed by atoms with E-state index in [-0.39, 0.29) is 29.8 Å². The lowest BCUT2D eigenvalue weighted by Gasteiger charge is -2.35. The smallest absolute Gasteiger partial charge is 0.230 e. The van der Waals surface area contributed by atoms with Gasteiger partial charge in [-0.05, 0) is 32.4 Å². The molecule has 5 rings (SSSR count). The van der Waals surface area contributed by atoms with E-state index in [1.54, 1.807) is 0 Å². The molecule has 0 aliphatic carbocycles. The Labute approximate surface area is 148 Å². The molecule has 0 saturated carbocycles. The first kappa shape index (κ1) is 15.8. The lowest BCUT2D eigenvalue weighted by atomic mass is 9.76. The second-order valence-electron chi connectivity index (χ2n) is 8.24. The first-order valence-electron chi connectivity index (χ1n) is 9.85. The fraction of sp³-hybridized carbons (Fsp3) is 0.789. The minimum Gasteiger partial charge on any atom is -0.360 e. The number of carbonyl (C=O) groups excluding carboxylic acids is 2. The van der Waals surface area contributed by atoms with Gasteiger partial charge in [-0.1, -0.05) is 18.6 Å². The third-order valence-electron chi connectivity index (χ3n) is 6.77. The highest BCUT2D eigenvalue weighted by Crippen LogP contribution is 2.52. The Balaban J connectivity index is 1.30. The van der Waals surface area contributed by atoms with Crippen molar-refractivity contribution in [1.82, 2.24) is 14.7 Å². The lowest BCUT2D eigenvalue weighted by molar-refractivity contribution is -0.145. The molecule has 0 radical (unpaired) electrons. The van der Waals surface area contributed by atoms with Crippen molar-refractivity contribution in [3.63, 3.8) is 0 Å². The summed E-state index contributed by atoms with van der Waals surface area (Å²) in [6.07, 6.45) is 8.80. The molecule has 4 fully saturated rings. The maximum Gasteiger partial charge on any atom is 0.230 e. The van der Waals surface area contributed by atoms with Gasteiger partial charge >= 0.3 is 0 Å². The minimum absolute atomic E-state index is 0.124. The zero-order valence-electron chi connectivity index (χ0n) is 14.7. The number of amides is 2. The van der Waals surface area contributed by atoms with Gasteiger partial charge in [0, 0.05) is 26.2 Å². The molecule has 136 valence electrons. The van der Waals surface area contributed by atoms with Gasteiger partial charge in [-0.3, -0.25) is 9.59 Å². The normalized spacial score (nSPS) is 39.8. The van der Waals surface area contributed by atoms with Gasteiger partial charge in [0.25, 0.3) is 0 Å². The third-order valence-corrected chi connectivity index (χ3v) is 6.77. The summed E-state index contributed by atoms with van der Waals surface area (Å²) in [5.41, 5.74) is -0.547. The fourth-order valence-corrected chi connectivity index (χ4v) is 5.24. The second-order valence-corrected chi connectivity index (χ2v) is 8.24. The Morgan fingerprint density at radius 1 is 1.12 bits per heavy atom. The van der Waals surface area contributed by atoms with E-state index in [1.807, 2.05) is 15.9 Å². The predicted octanol–water partition coefficient (Wildman–Crippen LogP) is 0.487. The number of nitrogens with zero attached hydrogens (tertiary/aromatic N) is 3. The molecule has 4 saturated heterocycles. The number of piperidine rings is 1. The van der Waals surface area contributed by atoms with E-state index in [4.69, 9.17) is 4.74 Å². The highest BCUT2D eigenvalue weighted by molar-refractivity contribution is 5.93. The summed E-state index contributed by atoms with van der Waals surface area (Å²) in [4.78, 5) is 32.3. The van der Waals surface area contributed by atoms with Crippen molar-refractivity contribution in [2.45, 2.75) is 37.4 Å². The van der Waals surface area contributed by atoms with Gasteiger partial charge in [0.15, 0.2) is 0 Å². The van der Waals surface area contributed by atoms with Crippen LogP contribution >= 0.6 is 0 Å². The summed E-state index contributed by atoms with van der Waals surface area (Å²) in [6.45, 7) is 6.25. The molecule has 0 unspecified atom stereocenters. The third kappa shape index (κ3) is 2.37. The van der Waals surface area contributed by atoms with Crippen LogP contribution in [-0.2, 0) is 14.3 Å². The molecule has 0 aromatic rings. The topological polar surface area (TPSA) is 53.1 Å². The molecule has 4 atom stereocenters. The van der Waals surface area contributed by atoms with Crippen LogP contribution in [-0.4, -0.2) is 84.0 Å². The zero-order chi connectivity index (χ0) is 17.0. The van der Waals surface area contributed by atoms with Gasteiger partial charge in [-0.25, -0.2) is 0 Å². The summed E-state index contributed by atoms with van der Waals surface area (Å²) in [7, 11) is 0. The van der Waals surface area contributed by atoms with Crippen LogP contribution in [0.1, 0.15) is 25.7 Å². The molecule has 6 nitrogen and oxygen atoms in total. The van der Waals surface area contributed by atoms with Crippen molar-refractivity contribution >= 4 is 11.8 Å². The van der Waals surface area contributed by atoms with E-state index < -0.39 is 5.60 Å². The van der Waals surface area contributed by atoms with E-state index >= 15 is 0 Å². The minimum atomic E-state index is -0.547. The Morgan fingerprint density at radius 3 is 2.64 bits per heavy atom. The molecule has 5 aliphatic heterocycles. The number of hydrogen-bond acceptors (Lipinski definition) is 4. The monoisotopic (exact) mass is 345 g/mol. The first-order valence-corrected chi connectivity index (χ1v) is 9.85. The standard InChI is InChI=1S/C19H27N3O3/c23-17(21-9-4-10-21)15-14-5-6-19(25-14)13-22(18(24)16(15)19)12-11-20-7-2-1-3-8-20/h5-6,14-16H,1-4,7-13H2/t14-,15-,16+,19-/m0/s1. The molecule has 6 heteroatoms. The van der Waals surface area contributed by atoms with Crippen molar-refractivity contribution in [2.24, 2.45) is 11.8 Å². The molecule has 2 amide bonds. The maximum absolute atomic E-state index is 13.1. The molecule has 5 aliphatic rings. The van der Waals surface area contributed by atoms with Gasteiger partial charge in [-0.2, -0.15) is 0 Å². The van der Waals surface area contributed by atoms with E-state index in [2.05, 4.69) is 11.0 Å². The molecule has 0 N–H and O–H groups in total. The molecule has 0 aromatic carbocycles. The summed E-state index contributed by atoms with van der Waals surface area (Å²) < 4.78 is 6.19. The van der Waals surface area contributed by atoms with Gasteiger partial charge < -0.3 is 19.4 Å². The Morgan fingerprint density at radius 2 is 1.92 bits per heavy atom. The van der Waals surface area contributed by atoms with E-state index in [1.165, 1.54) is 19.3 Å². The van der Waals surface area contributed by atoms with Gasteiger partial charge in [0.05, 0.1) is 24.5 Å². The number of carbonyl (C=O) groups is 2. The average Bonchev–Trinajstić information content (AvgIpc) is 3.21. The lowest BCUT2D eigenvalue weighted by Crippen LogP contribution is -2.50. The summed E-state index contributed by atoms with van der Waals surface area (Å²) in [5.74, 6) is -0.365. The van der Waals surface area contributed by atoms with Crippen LogP contribution in [0.2, 0.25) is 0 Å². The Kier molecular flexibility index (Phi) is 3.68. The van der Waals surface area contributed by atoms with E-state index in [0.717, 1.165) is 45.7 Å². The number of hydrogen-bond donors (Lipinski definition) is 0. The van der Waals surface area contributed by atoms with Crippen molar-refractivity contribution in [2.75, 3.05) is 45.8 Å². The summed E-state index contributed by atoms with van der Waals surface area (Å²) in [6, 6.07) is 0. The van der Waals surface area contributed by atoms with Crippen molar-refractivity contribution in [1.29, 1.82) is 0 Å². The highest BCUT2D eigenvalue weighted by Gasteiger charge is 2.67. The van der Waals surface area contributed by atoms with Crippen LogP contribution in [0.3, 0.4) is 0 Å².